The molecule has 3 heteroatoms. The predicted octanol–water partition coefficient (Wildman–Crippen LogP) is 3.76. The molecule has 0 radical (unpaired) electrons. The lowest BCUT2D eigenvalue weighted by Crippen LogP contribution is -1.90. The fourth-order valence-corrected chi connectivity index (χ4v) is 2.98. The molecule has 0 saturated carbocycles. The molecule has 0 fully saturated rings. The number of aliphatic imine (C=N–C) groups is 1. The summed E-state index contributed by atoms with van der Waals surface area (Å²) >= 11 is 0. The van der Waals surface area contributed by atoms with E-state index in [1.165, 1.54) is 22.0 Å². The molecular formula is C19H18N2O. The lowest BCUT2D eigenvalue weighted by atomic mass is 10.1. The maximum Gasteiger partial charge on any atom is 0.122 e. The quantitative estimate of drug-likeness (QED) is 0.730. The Morgan fingerprint density at radius 1 is 1.18 bits per heavy atom. The Labute approximate surface area is 129 Å². The summed E-state index contributed by atoms with van der Waals surface area (Å²) in [6, 6.07) is 14.7. The van der Waals surface area contributed by atoms with Gasteiger partial charge in [-0.25, -0.2) is 0 Å². The Balaban J connectivity index is 1.42. The van der Waals surface area contributed by atoms with E-state index in [0.717, 1.165) is 37.3 Å². The number of aromatic nitrogens is 1. The number of H-pyrrole nitrogens is 1. The van der Waals surface area contributed by atoms with Crippen LogP contribution in [0.1, 0.15) is 16.7 Å². The fraction of sp³-hybridized carbons (Fsp3) is 0.211. The lowest BCUT2D eigenvalue weighted by Gasteiger charge is -1.99. The van der Waals surface area contributed by atoms with Gasteiger partial charge in [-0.1, -0.05) is 18.2 Å². The lowest BCUT2D eigenvalue weighted by molar-refractivity contribution is 0.357. The predicted molar refractivity (Wildman–Crippen MR) is 90.1 cm³/mol. The number of nitrogens with one attached hydrogen (secondary N) is 1. The van der Waals surface area contributed by atoms with Crippen LogP contribution in [0.25, 0.3) is 10.9 Å². The molecule has 1 aliphatic rings. The molecule has 1 aliphatic heterocycles. The number of para-hydroxylation sites is 1. The molecule has 0 unspecified atom stereocenters. The van der Waals surface area contributed by atoms with Crippen molar-refractivity contribution < 1.29 is 4.74 Å². The molecular weight excluding hydrogens is 272 g/mol. The van der Waals surface area contributed by atoms with Crippen molar-refractivity contribution in [3.8, 4) is 5.75 Å². The number of rotatable bonds is 4. The summed E-state index contributed by atoms with van der Waals surface area (Å²) in [5.41, 5.74) is 4.97. The van der Waals surface area contributed by atoms with Crippen molar-refractivity contribution in [1.29, 1.82) is 0 Å². The molecule has 3 aromatic rings. The van der Waals surface area contributed by atoms with Crippen LogP contribution in [0.15, 0.2) is 53.7 Å². The second-order valence-corrected chi connectivity index (χ2v) is 5.61. The van der Waals surface area contributed by atoms with Gasteiger partial charge < -0.3 is 9.72 Å². The number of hydrogen-bond acceptors (Lipinski definition) is 2. The molecule has 0 bridgehead atoms. The van der Waals surface area contributed by atoms with Crippen LogP contribution in [0, 0.1) is 0 Å². The van der Waals surface area contributed by atoms with E-state index in [9.17, 15) is 0 Å². The zero-order valence-corrected chi connectivity index (χ0v) is 12.4. The van der Waals surface area contributed by atoms with Gasteiger partial charge in [0.1, 0.15) is 5.75 Å². The van der Waals surface area contributed by atoms with Crippen LogP contribution >= 0.6 is 0 Å². The summed E-state index contributed by atoms with van der Waals surface area (Å²) in [4.78, 5) is 7.88. The standard InChI is InChI=1S/C19H18N2O/c1-2-4-18-17(3-1)16(13-21-18)7-9-20-12-14-5-6-19-15(11-14)8-10-22-19/h1-6,11-13,21H,7-10H2/b20-12+. The van der Waals surface area contributed by atoms with Gasteiger partial charge in [-0.15, -0.1) is 0 Å². The van der Waals surface area contributed by atoms with Crippen molar-refractivity contribution in [3.05, 3.63) is 65.4 Å². The largest absolute Gasteiger partial charge is 0.493 e. The second kappa shape index (κ2) is 5.68. The van der Waals surface area contributed by atoms with E-state index in [1.54, 1.807) is 0 Å². The molecule has 0 saturated heterocycles. The van der Waals surface area contributed by atoms with Gasteiger partial charge >= 0.3 is 0 Å². The van der Waals surface area contributed by atoms with Gasteiger partial charge in [0.15, 0.2) is 0 Å². The molecule has 1 aromatic heterocycles. The Morgan fingerprint density at radius 3 is 3.14 bits per heavy atom. The van der Waals surface area contributed by atoms with Crippen LogP contribution < -0.4 is 4.74 Å². The summed E-state index contributed by atoms with van der Waals surface area (Å²) in [6.45, 7) is 1.60. The summed E-state index contributed by atoms with van der Waals surface area (Å²) < 4.78 is 5.52. The van der Waals surface area contributed by atoms with Crippen LogP contribution in [0.2, 0.25) is 0 Å². The van der Waals surface area contributed by atoms with Crippen LogP contribution in [0.4, 0.5) is 0 Å². The van der Waals surface area contributed by atoms with Gasteiger partial charge in [-0.3, -0.25) is 4.99 Å². The first kappa shape index (κ1) is 13.1. The van der Waals surface area contributed by atoms with Crippen LogP contribution in [-0.4, -0.2) is 24.4 Å². The van der Waals surface area contributed by atoms with Crippen molar-refractivity contribution in [1.82, 2.24) is 4.98 Å². The van der Waals surface area contributed by atoms with E-state index in [-0.39, 0.29) is 0 Å². The highest BCUT2D eigenvalue weighted by molar-refractivity contribution is 5.83. The van der Waals surface area contributed by atoms with E-state index in [4.69, 9.17) is 4.74 Å². The first-order valence-corrected chi connectivity index (χ1v) is 7.71. The minimum atomic E-state index is 0.801. The summed E-state index contributed by atoms with van der Waals surface area (Å²) in [6.07, 6.45) is 6.02. The number of hydrogen-bond donors (Lipinski definition) is 1. The van der Waals surface area contributed by atoms with E-state index in [2.05, 4.69) is 52.6 Å². The van der Waals surface area contributed by atoms with Gasteiger partial charge in [0.2, 0.25) is 0 Å². The fourth-order valence-electron chi connectivity index (χ4n) is 2.98. The third-order valence-corrected chi connectivity index (χ3v) is 4.14. The Morgan fingerprint density at radius 2 is 2.14 bits per heavy atom. The number of fused-ring (bicyclic) bond motifs is 2. The molecule has 2 heterocycles. The topological polar surface area (TPSA) is 37.4 Å². The summed E-state index contributed by atoms with van der Waals surface area (Å²) in [5, 5.41) is 1.30. The highest BCUT2D eigenvalue weighted by Crippen LogP contribution is 2.25. The number of benzene rings is 2. The second-order valence-electron chi connectivity index (χ2n) is 5.61. The molecule has 0 amide bonds. The zero-order chi connectivity index (χ0) is 14.8. The highest BCUT2D eigenvalue weighted by Gasteiger charge is 2.11. The molecule has 22 heavy (non-hydrogen) atoms. The van der Waals surface area contributed by atoms with Gasteiger partial charge in [0.05, 0.1) is 6.61 Å². The number of nitrogens with zero attached hydrogens (tertiary/aromatic N) is 1. The Bertz CT molecular complexity index is 832. The van der Waals surface area contributed by atoms with Crippen molar-refractivity contribution in [2.75, 3.05) is 13.2 Å². The van der Waals surface area contributed by atoms with Crippen LogP contribution in [0.3, 0.4) is 0 Å². The molecule has 0 atom stereocenters. The van der Waals surface area contributed by atoms with Crippen molar-refractivity contribution in [2.24, 2.45) is 4.99 Å². The van der Waals surface area contributed by atoms with Crippen molar-refractivity contribution >= 4 is 17.1 Å². The first-order valence-electron chi connectivity index (χ1n) is 7.71. The monoisotopic (exact) mass is 290 g/mol. The van der Waals surface area contributed by atoms with Gasteiger partial charge in [0, 0.05) is 36.3 Å². The van der Waals surface area contributed by atoms with Crippen molar-refractivity contribution in [3.63, 3.8) is 0 Å². The number of aromatic amines is 1. The molecule has 2 aromatic carbocycles. The van der Waals surface area contributed by atoms with E-state index < -0.39 is 0 Å². The smallest absolute Gasteiger partial charge is 0.122 e. The van der Waals surface area contributed by atoms with E-state index >= 15 is 0 Å². The maximum absolute atomic E-state index is 5.52. The van der Waals surface area contributed by atoms with Crippen molar-refractivity contribution in [2.45, 2.75) is 12.8 Å². The highest BCUT2D eigenvalue weighted by atomic mass is 16.5. The average Bonchev–Trinajstić information content (AvgIpc) is 3.18. The minimum Gasteiger partial charge on any atom is -0.493 e. The SMILES string of the molecule is C(=N\CCc1c[nH]c2ccccc12)/c1ccc2c(c1)CCO2. The van der Waals surface area contributed by atoms with Crippen LogP contribution in [0.5, 0.6) is 5.75 Å². The number of ether oxygens (including phenoxy) is 1. The van der Waals surface area contributed by atoms with E-state index in [1.807, 2.05) is 12.3 Å². The first-order chi connectivity index (χ1) is 10.9. The summed E-state index contributed by atoms with van der Waals surface area (Å²) in [5.74, 6) is 1.02. The Kier molecular flexibility index (Phi) is 3.39. The zero-order valence-electron chi connectivity index (χ0n) is 12.4. The third-order valence-electron chi connectivity index (χ3n) is 4.14. The molecule has 0 aliphatic carbocycles. The average molecular weight is 290 g/mol. The Hall–Kier alpha value is -2.55. The maximum atomic E-state index is 5.52. The third kappa shape index (κ3) is 2.50. The van der Waals surface area contributed by atoms with Gasteiger partial charge in [-0.05, 0) is 47.4 Å². The van der Waals surface area contributed by atoms with Crippen LogP contribution in [-0.2, 0) is 12.8 Å². The molecule has 4 rings (SSSR count). The minimum absolute atomic E-state index is 0.801. The molecule has 0 spiro atoms. The van der Waals surface area contributed by atoms with Gasteiger partial charge in [0.25, 0.3) is 0 Å². The summed E-state index contributed by atoms with van der Waals surface area (Å²) in [7, 11) is 0. The van der Waals surface area contributed by atoms with E-state index in [0.29, 0.717) is 0 Å². The normalized spacial score (nSPS) is 13.6. The molecule has 3 nitrogen and oxygen atoms in total. The molecule has 110 valence electrons. The molecule has 1 N–H and O–H groups in total. The van der Waals surface area contributed by atoms with Gasteiger partial charge in [-0.2, -0.15) is 0 Å².